The minimum atomic E-state index is -0.172. The molecule has 0 N–H and O–H groups in total. The minimum absolute atomic E-state index is 0.0763. The second-order valence-corrected chi connectivity index (χ2v) is 3.64. The van der Waals surface area contributed by atoms with E-state index in [0.717, 1.165) is 12.8 Å². The highest BCUT2D eigenvalue weighted by Crippen LogP contribution is 2.35. The molecule has 3 atom stereocenters. The predicted molar refractivity (Wildman–Crippen MR) is 47.2 cm³/mol. The molecule has 13 heavy (non-hydrogen) atoms. The summed E-state index contributed by atoms with van der Waals surface area (Å²) in [5, 5.41) is 0. The van der Waals surface area contributed by atoms with Crippen LogP contribution in [-0.2, 0) is 14.3 Å². The standard InChI is InChI=1S/C10H14O3/c1-12-10(11)6-8-5-7-3-2-4-9(7)13-8/h2-3,7-9H,4-6H2,1H3/t7-,8?,9-/m0/s1. The third kappa shape index (κ3) is 1.75. The van der Waals surface area contributed by atoms with Gasteiger partial charge in [0.1, 0.15) is 0 Å². The lowest BCUT2D eigenvalue weighted by Gasteiger charge is -2.10. The molecule has 3 nitrogen and oxygen atoms in total. The molecule has 1 aliphatic carbocycles. The van der Waals surface area contributed by atoms with E-state index in [9.17, 15) is 4.79 Å². The Bertz CT molecular complexity index is 234. The average molecular weight is 182 g/mol. The van der Waals surface area contributed by atoms with Crippen molar-refractivity contribution in [2.24, 2.45) is 5.92 Å². The van der Waals surface area contributed by atoms with Crippen LogP contribution in [0.2, 0.25) is 0 Å². The molecule has 0 spiro atoms. The van der Waals surface area contributed by atoms with E-state index >= 15 is 0 Å². The fourth-order valence-electron chi connectivity index (χ4n) is 2.08. The number of ether oxygens (including phenoxy) is 2. The van der Waals surface area contributed by atoms with Gasteiger partial charge < -0.3 is 9.47 Å². The monoisotopic (exact) mass is 182 g/mol. The number of rotatable bonds is 2. The van der Waals surface area contributed by atoms with E-state index < -0.39 is 0 Å². The first-order valence-corrected chi connectivity index (χ1v) is 4.68. The normalized spacial score (nSPS) is 36.2. The molecule has 3 heteroatoms. The lowest BCUT2D eigenvalue weighted by Crippen LogP contribution is -2.15. The van der Waals surface area contributed by atoms with Crippen LogP contribution in [0.25, 0.3) is 0 Å². The van der Waals surface area contributed by atoms with Crippen LogP contribution < -0.4 is 0 Å². The van der Waals surface area contributed by atoms with E-state index in [1.54, 1.807) is 0 Å². The Labute approximate surface area is 77.7 Å². The number of methoxy groups -OCH3 is 1. The maximum atomic E-state index is 11.0. The van der Waals surface area contributed by atoms with Crippen molar-refractivity contribution in [3.63, 3.8) is 0 Å². The summed E-state index contributed by atoms with van der Waals surface area (Å²) < 4.78 is 10.3. The summed E-state index contributed by atoms with van der Waals surface area (Å²) in [6, 6.07) is 0. The number of esters is 1. The van der Waals surface area contributed by atoms with Crippen molar-refractivity contribution in [3.8, 4) is 0 Å². The Kier molecular flexibility index (Phi) is 2.36. The van der Waals surface area contributed by atoms with Crippen LogP contribution in [0.15, 0.2) is 12.2 Å². The van der Waals surface area contributed by atoms with Gasteiger partial charge in [0, 0.05) is 5.92 Å². The van der Waals surface area contributed by atoms with Crippen molar-refractivity contribution in [2.75, 3.05) is 7.11 Å². The van der Waals surface area contributed by atoms with Crippen LogP contribution in [0.3, 0.4) is 0 Å². The van der Waals surface area contributed by atoms with E-state index in [-0.39, 0.29) is 12.1 Å². The Morgan fingerprint density at radius 3 is 3.23 bits per heavy atom. The van der Waals surface area contributed by atoms with Gasteiger partial charge in [-0.25, -0.2) is 0 Å². The predicted octanol–water partition coefficient (Wildman–Crippen LogP) is 1.28. The van der Waals surface area contributed by atoms with Gasteiger partial charge in [-0.2, -0.15) is 0 Å². The largest absolute Gasteiger partial charge is 0.469 e. The van der Waals surface area contributed by atoms with Crippen molar-refractivity contribution >= 4 is 5.97 Å². The second-order valence-electron chi connectivity index (χ2n) is 3.64. The number of hydrogen-bond acceptors (Lipinski definition) is 3. The third-order valence-electron chi connectivity index (χ3n) is 2.75. The molecule has 1 aliphatic heterocycles. The Balaban J connectivity index is 1.85. The summed E-state index contributed by atoms with van der Waals surface area (Å²) in [7, 11) is 1.41. The second kappa shape index (κ2) is 3.50. The lowest BCUT2D eigenvalue weighted by atomic mass is 10.0. The van der Waals surface area contributed by atoms with E-state index in [2.05, 4.69) is 16.9 Å². The first kappa shape index (κ1) is 8.75. The van der Waals surface area contributed by atoms with Gasteiger partial charge in [0.05, 0.1) is 25.7 Å². The molecule has 2 rings (SSSR count). The molecule has 1 fully saturated rings. The van der Waals surface area contributed by atoms with E-state index in [1.165, 1.54) is 7.11 Å². The Hall–Kier alpha value is -0.830. The first-order chi connectivity index (χ1) is 6.29. The quantitative estimate of drug-likeness (QED) is 0.476. The molecule has 0 amide bonds. The van der Waals surface area contributed by atoms with Gasteiger partial charge in [0.15, 0.2) is 0 Å². The maximum absolute atomic E-state index is 11.0. The van der Waals surface area contributed by atoms with Gasteiger partial charge in [-0.1, -0.05) is 12.2 Å². The van der Waals surface area contributed by atoms with Crippen LogP contribution >= 0.6 is 0 Å². The highest BCUT2D eigenvalue weighted by atomic mass is 16.5. The average Bonchev–Trinajstić information content (AvgIpc) is 2.63. The van der Waals surface area contributed by atoms with Crippen molar-refractivity contribution in [1.29, 1.82) is 0 Å². The molecule has 0 aromatic carbocycles. The molecule has 0 aromatic heterocycles. The lowest BCUT2D eigenvalue weighted by molar-refractivity contribution is -0.143. The summed E-state index contributed by atoms with van der Waals surface area (Å²) in [5.41, 5.74) is 0. The number of carbonyl (C=O) groups excluding carboxylic acids is 1. The maximum Gasteiger partial charge on any atom is 0.308 e. The summed E-state index contributed by atoms with van der Waals surface area (Å²) in [6.07, 6.45) is 7.13. The summed E-state index contributed by atoms with van der Waals surface area (Å²) >= 11 is 0. The smallest absolute Gasteiger partial charge is 0.308 e. The van der Waals surface area contributed by atoms with Crippen molar-refractivity contribution in [2.45, 2.75) is 31.5 Å². The summed E-state index contributed by atoms with van der Waals surface area (Å²) in [5.74, 6) is 0.364. The Morgan fingerprint density at radius 2 is 2.54 bits per heavy atom. The molecule has 72 valence electrons. The fraction of sp³-hybridized carbons (Fsp3) is 0.700. The molecule has 0 radical (unpaired) electrons. The van der Waals surface area contributed by atoms with Crippen LogP contribution in [0.5, 0.6) is 0 Å². The van der Waals surface area contributed by atoms with Crippen LogP contribution in [-0.4, -0.2) is 25.3 Å². The zero-order chi connectivity index (χ0) is 9.26. The fourth-order valence-corrected chi connectivity index (χ4v) is 2.08. The van der Waals surface area contributed by atoms with Crippen molar-refractivity contribution < 1.29 is 14.3 Å². The number of carbonyl (C=O) groups is 1. The minimum Gasteiger partial charge on any atom is -0.469 e. The molecule has 2 aliphatic rings. The SMILES string of the molecule is COC(=O)CC1C[C@@H]2C=CC[C@@H]2O1. The van der Waals surface area contributed by atoms with Gasteiger partial charge in [-0.3, -0.25) is 4.79 Å². The molecule has 1 heterocycles. The van der Waals surface area contributed by atoms with Gasteiger partial charge in [-0.05, 0) is 12.8 Å². The molecular weight excluding hydrogens is 168 g/mol. The third-order valence-corrected chi connectivity index (χ3v) is 2.75. The van der Waals surface area contributed by atoms with Crippen molar-refractivity contribution in [3.05, 3.63) is 12.2 Å². The van der Waals surface area contributed by atoms with E-state index in [4.69, 9.17) is 4.74 Å². The van der Waals surface area contributed by atoms with Gasteiger partial charge >= 0.3 is 5.97 Å². The number of fused-ring (bicyclic) bond motifs is 1. The topological polar surface area (TPSA) is 35.5 Å². The molecule has 1 saturated heterocycles. The molecule has 0 saturated carbocycles. The van der Waals surface area contributed by atoms with E-state index in [1.807, 2.05) is 0 Å². The highest BCUT2D eigenvalue weighted by molar-refractivity contribution is 5.69. The molecular formula is C10H14O3. The van der Waals surface area contributed by atoms with Gasteiger partial charge in [0.2, 0.25) is 0 Å². The zero-order valence-corrected chi connectivity index (χ0v) is 7.73. The van der Waals surface area contributed by atoms with E-state index in [0.29, 0.717) is 18.4 Å². The molecule has 0 bridgehead atoms. The van der Waals surface area contributed by atoms with Crippen molar-refractivity contribution in [1.82, 2.24) is 0 Å². The number of hydrogen-bond donors (Lipinski definition) is 0. The zero-order valence-electron chi connectivity index (χ0n) is 7.73. The summed E-state index contributed by atoms with van der Waals surface area (Å²) in [6.45, 7) is 0. The van der Waals surface area contributed by atoms with Crippen LogP contribution in [0.4, 0.5) is 0 Å². The molecule has 1 unspecified atom stereocenters. The van der Waals surface area contributed by atoms with Gasteiger partial charge in [0.25, 0.3) is 0 Å². The van der Waals surface area contributed by atoms with Crippen LogP contribution in [0.1, 0.15) is 19.3 Å². The Morgan fingerprint density at radius 1 is 1.69 bits per heavy atom. The van der Waals surface area contributed by atoms with Gasteiger partial charge in [-0.15, -0.1) is 0 Å². The highest BCUT2D eigenvalue weighted by Gasteiger charge is 2.36. The van der Waals surface area contributed by atoms with Crippen LogP contribution in [0, 0.1) is 5.92 Å². The molecule has 0 aromatic rings. The summed E-state index contributed by atoms with van der Waals surface area (Å²) in [4.78, 5) is 11.0. The first-order valence-electron chi connectivity index (χ1n) is 4.68.